The molecule has 168 valence electrons. The molecular formula is C21H29N5O4S. The van der Waals surface area contributed by atoms with Gasteiger partial charge in [0.15, 0.2) is 0 Å². The molecule has 3 heterocycles. The Labute approximate surface area is 182 Å². The largest absolute Gasteiger partial charge is 0.354 e. The lowest BCUT2D eigenvalue weighted by atomic mass is 9.98. The third-order valence-electron chi connectivity index (χ3n) is 6.12. The molecule has 0 bridgehead atoms. The number of nitrogens with one attached hydrogen (secondary N) is 1. The van der Waals surface area contributed by atoms with Gasteiger partial charge in [0.25, 0.3) is 0 Å². The van der Waals surface area contributed by atoms with E-state index in [9.17, 15) is 18.0 Å². The first-order chi connectivity index (χ1) is 14.9. The van der Waals surface area contributed by atoms with Crippen LogP contribution in [-0.2, 0) is 34.3 Å². The fraction of sp³-hybridized carbons (Fsp3) is 0.571. The predicted molar refractivity (Wildman–Crippen MR) is 115 cm³/mol. The Morgan fingerprint density at radius 1 is 1.06 bits per heavy atom. The Kier molecular flexibility index (Phi) is 6.57. The molecule has 1 saturated heterocycles. The number of benzene rings is 1. The molecule has 0 saturated carbocycles. The number of aromatic nitrogens is 3. The lowest BCUT2D eigenvalue weighted by Gasteiger charge is -2.31. The van der Waals surface area contributed by atoms with Gasteiger partial charge in [-0.3, -0.25) is 9.36 Å². The van der Waals surface area contributed by atoms with Crippen LogP contribution in [0.25, 0.3) is 0 Å². The van der Waals surface area contributed by atoms with Gasteiger partial charge in [0.2, 0.25) is 15.9 Å². The monoisotopic (exact) mass is 447 g/mol. The van der Waals surface area contributed by atoms with Crippen molar-refractivity contribution >= 4 is 15.9 Å². The van der Waals surface area contributed by atoms with Gasteiger partial charge in [-0.15, -0.1) is 0 Å². The topological polar surface area (TPSA) is 106 Å². The van der Waals surface area contributed by atoms with Crippen LogP contribution in [0.1, 0.15) is 37.9 Å². The smallest absolute Gasteiger partial charge is 0.346 e. The summed E-state index contributed by atoms with van der Waals surface area (Å²) in [6.07, 6.45) is 5.21. The van der Waals surface area contributed by atoms with Crippen LogP contribution in [0.2, 0.25) is 0 Å². The average Bonchev–Trinajstić information content (AvgIpc) is 2.94. The molecule has 0 atom stereocenters. The van der Waals surface area contributed by atoms with Gasteiger partial charge in [0.1, 0.15) is 12.4 Å². The number of fused-ring (bicyclic) bond motifs is 1. The summed E-state index contributed by atoms with van der Waals surface area (Å²) in [6, 6.07) is 8.46. The van der Waals surface area contributed by atoms with Crippen molar-refractivity contribution in [2.75, 3.05) is 19.6 Å². The highest BCUT2D eigenvalue weighted by molar-refractivity contribution is 7.89. The SMILES string of the molecule is O=C(Cn1nc2n(c1=O)CCCCC2)NCC1CCN(S(=O)(=O)c2ccccc2)CC1. The molecule has 4 rings (SSSR count). The molecule has 2 aliphatic rings. The van der Waals surface area contributed by atoms with E-state index in [0.29, 0.717) is 43.9 Å². The van der Waals surface area contributed by atoms with Crippen LogP contribution in [0.4, 0.5) is 0 Å². The summed E-state index contributed by atoms with van der Waals surface area (Å²) in [5.41, 5.74) is -0.216. The first kappa shape index (κ1) is 21.8. The molecule has 0 radical (unpaired) electrons. The number of sulfonamides is 1. The van der Waals surface area contributed by atoms with E-state index in [0.717, 1.165) is 31.5 Å². The van der Waals surface area contributed by atoms with Crippen molar-refractivity contribution in [3.63, 3.8) is 0 Å². The van der Waals surface area contributed by atoms with Gasteiger partial charge in [-0.05, 0) is 43.7 Å². The van der Waals surface area contributed by atoms with Gasteiger partial charge in [0.05, 0.1) is 4.90 Å². The van der Waals surface area contributed by atoms with E-state index in [2.05, 4.69) is 10.4 Å². The number of carbonyl (C=O) groups is 1. The van der Waals surface area contributed by atoms with Crippen LogP contribution in [0.15, 0.2) is 40.0 Å². The third kappa shape index (κ3) is 4.90. The number of hydrogen-bond acceptors (Lipinski definition) is 5. The molecule has 1 aromatic heterocycles. The fourth-order valence-corrected chi connectivity index (χ4v) is 5.76. The molecule has 0 spiro atoms. The highest BCUT2D eigenvalue weighted by Gasteiger charge is 2.29. The summed E-state index contributed by atoms with van der Waals surface area (Å²) in [5.74, 6) is 0.735. The lowest BCUT2D eigenvalue weighted by Crippen LogP contribution is -2.42. The summed E-state index contributed by atoms with van der Waals surface area (Å²) in [7, 11) is -3.47. The van der Waals surface area contributed by atoms with E-state index < -0.39 is 10.0 Å². The van der Waals surface area contributed by atoms with Gasteiger partial charge < -0.3 is 5.32 Å². The maximum Gasteiger partial charge on any atom is 0.346 e. The van der Waals surface area contributed by atoms with E-state index in [1.54, 1.807) is 34.9 Å². The molecule has 10 heteroatoms. The summed E-state index contributed by atoms with van der Waals surface area (Å²) in [5, 5.41) is 7.23. The second-order valence-electron chi connectivity index (χ2n) is 8.28. The molecule has 1 fully saturated rings. The molecule has 1 aromatic carbocycles. The number of nitrogens with zero attached hydrogens (tertiary/aromatic N) is 4. The molecule has 9 nitrogen and oxygen atoms in total. The zero-order valence-corrected chi connectivity index (χ0v) is 18.4. The highest BCUT2D eigenvalue weighted by atomic mass is 32.2. The van der Waals surface area contributed by atoms with E-state index >= 15 is 0 Å². The van der Waals surface area contributed by atoms with Gasteiger partial charge in [0, 0.05) is 32.6 Å². The Hall–Kier alpha value is -2.46. The lowest BCUT2D eigenvalue weighted by molar-refractivity contribution is -0.122. The number of aryl methyl sites for hydroxylation is 1. The van der Waals surface area contributed by atoms with Crippen molar-refractivity contribution in [1.82, 2.24) is 24.0 Å². The molecule has 1 amide bonds. The maximum absolute atomic E-state index is 12.7. The summed E-state index contributed by atoms with van der Waals surface area (Å²) in [4.78, 5) is 25.2. The maximum atomic E-state index is 12.7. The van der Waals surface area contributed by atoms with E-state index in [-0.39, 0.29) is 24.1 Å². The van der Waals surface area contributed by atoms with Crippen molar-refractivity contribution in [2.24, 2.45) is 5.92 Å². The summed E-state index contributed by atoms with van der Waals surface area (Å²) >= 11 is 0. The van der Waals surface area contributed by atoms with E-state index in [4.69, 9.17) is 0 Å². The van der Waals surface area contributed by atoms with Crippen LogP contribution in [-0.4, -0.2) is 52.6 Å². The van der Waals surface area contributed by atoms with Crippen LogP contribution >= 0.6 is 0 Å². The minimum atomic E-state index is -3.47. The van der Waals surface area contributed by atoms with E-state index in [1.165, 1.54) is 8.99 Å². The minimum Gasteiger partial charge on any atom is -0.354 e. The van der Waals surface area contributed by atoms with Crippen molar-refractivity contribution in [3.05, 3.63) is 46.6 Å². The zero-order chi connectivity index (χ0) is 21.8. The normalized spacial score (nSPS) is 18.3. The summed E-state index contributed by atoms with van der Waals surface area (Å²) in [6.45, 7) is 1.93. The molecular weight excluding hydrogens is 418 g/mol. The highest BCUT2D eigenvalue weighted by Crippen LogP contribution is 2.23. The first-order valence-corrected chi connectivity index (χ1v) is 12.4. The van der Waals surface area contributed by atoms with E-state index in [1.807, 2.05) is 0 Å². The standard InChI is InChI=1S/C21H29N5O4S/c27-20(16-26-21(28)25-12-6-2-5-9-19(25)23-26)22-15-17-10-13-24(14-11-17)31(29,30)18-7-3-1-4-8-18/h1,3-4,7-8,17H,2,5-6,9-16H2,(H,22,27). The number of hydrogen-bond donors (Lipinski definition) is 1. The second-order valence-corrected chi connectivity index (χ2v) is 10.2. The number of carbonyl (C=O) groups excluding carboxylic acids is 1. The fourth-order valence-electron chi connectivity index (χ4n) is 4.27. The van der Waals surface area contributed by atoms with Crippen molar-refractivity contribution in [2.45, 2.75) is 56.5 Å². The number of rotatable bonds is 6. The van der Waals surface area contributed by atoms with Gasteiger partial charge in [-0.25, -0.2) is 17.9 Å². The van der Waals surface area contributed by atoms with Gasteiger partial charge in [-0.2, -0.15) is 9.40 Å². The average molecular weight is 448 g/mol. The Balaban J connectivity index is 1.27. The zero-order valence-electron chi connectivity index (χ0n) is 17.6. The van der Waals surface area contributed by atoms with Crippen LogP contribution in [0, 0.1) is 5.92 Å². The molecule has 0 unspecified atom stereocenters. The quantitative estimate of drug-likeness (QED) is 0.711. The number of amides is 1. The predicted octanol–water partition coefficient (Wildman–Crippen LogP) is 0.988. The molecule has 2 aliphatic heterocycles. The van der Waals surface area contributed by atoms with Gasteiger partial charge in [-0.1, -0.05) is 24.6 Å². The van der Waals surface area contributed by atoms with Crippen molar-refractivity contribution < 1.29 is 13.2 Å². The van der Waals surface area contributed by atoms with Crippen molar-refractivity contribution in [1.29, 1.82) is 0 Å². The minimum absolute atomic E-state index is 0.0833. The molecule has 0 aliphatic carbocycles. The Morgan fingerprint density at radius 3 is 2.55 bits per heavy atom. The van der Waals surface area contributed by atoms with Gasteiger partial charge >= 0.3 is 5.69 Å². The van der Waals surface area contributed by atoms with Crippen LogP contribution in [0.5, 0.6) is 0 Å². The van der Waals surface area contributed by atoms with Crippen LogP contribution in [0.3, 0.4) is 0 Å². The van der Waals surface area contributed by atoms with Crippen molar-refractivity contribution in [3.8, 4) is 0 Å². The first-order valence-electron chi connectivity index (χ1n) is 10.9. The summed E-state index contributed by atoms with van der Waals surface area (Å²) < 4.78 is 29.9. The second kappa shape index (κ2) is 9.35. The third-order valence-corrected chi connectivity index (χ3v) is 8.03. The number of piperidine rings is 1. The molecule has 1 N–H and O–H groups in total. The molecule has 2 aromatic rings. The molecule has 31 heavy (non-hydrogen) atoms. The Bertz CT molecular complexity index is 1070. The van der Waals surface area contributed by atoms with Crippen LogP contribution < -0.4 is 11.0 Å². The Morgan fingerprint density at radius 2 is 1.81 bits per heavy atom.